The van der Waals surface area contributed by atoms with Crippen LogP contribution in [-0.4, -0.2) is 62.8 Å². The van der Waals surface area contributed by atoms with Gasteiger partial charge in [-0.2, -0.15) is 0 Å². The summed E-state index contributed by atoms with van der Waals surface area (Å²) < 4.78 is 0. The van der Waals surface area contributed by atoms with Crippen LogP contribution in [0.25, 0.3) is 0 Å². The van der Waals surface area contributed by atoms with Gasteiger partial charge >= 0.3 is 62.8 Å². The quantitative estimate of drug-likeness (QED) is 0.389. The first-order valence-corrected chi connectivity index (χ1v) is 0. The van der Waals surface area contributed by atoms with E-state index in [2.05, 4.69) is 0 Å². The molecule has 0 aliphatic carbocycles. The van der Waals surface area contributed by atoms with Crippen molar-refractivity contribution in [1.82, 2.24) is 0 Å². The fourth-order valence-electron chi connectivity index (χ4n) is 0. The van der Waals surface area contributed by atoms with Crippen LogP contribution in [0.15, 0.2) is 0 Å². The maximum absolute atomic E-state index is 0. The van der Waals surface area contributed by atoms with Crippen molar-refractivity contribution in [1.29, 1.82) is 0 Å². The first kappa shape index (κ1) is 78.1. The minimum atomic E-state index is 0. The second-order valence-electron chi connectivity index (χ2n) is 0. The maximum Gasteiger partial charge on any atom is 3.00 e. The Morgan fingerprint density at radius 2 is 0.429 bits per heavy atom. The minimum absolute atomic E-state index is 0. The molecule has 0 fully saturated rings. The summed E-state index contributed by atoms with van der Waals surface area (Å²) in [4.78, 5) is 0. The SMILES string of the molecule is [Al+3].[Cl-].[Cl-].[Cl-].[Cl-].[Cl-].[Sr+2]. The molecule has 7 heteroatoms. The molecule has 0 unspecified atom stereocenters. The van der Waals surface area contributed by atoms with Gasteiger partial charge in [0.25, 0.3) is 0 Å². The molecule has 0 saturated carbocycles. The van der Waals surface area contributed by atoms with Crippen LogP contribution < -0.4 is 62.0 Å². The Bertz CT molecular complexity index is 8.04. The van der Waals surface area contributed by atoms with Crippen molar-refractivity contribution in [2.24, 2.45) is 0 Å². The van der Waals surface area contributed by atoms with Crippen LogP contribution in [0.1, 0.15) is 0 Å². The van der Waals surface area contributed by atoms with Crippen LogP contribution in [-0.2, 0) is 0 Å². The third-order valence-electron chi connectivity index (χ3n) is 0. The van der Waals surface area contributed by atoms with E-state index in [1.807, 2.05) is 0 Å². The van der Waals surface area contributed by atoms with Crippen molar-refractivity contribution < 1.29 is 62.0 Å². The molecule has 0 aromatic rings. The predicted octanol–water partition coefficient (Wildman–Crippen LogP) is -15.7. The molecule has 0 N–H and O–H groups in total. The molecule has 0 aliphatic heterocycles. The van der Waals surface area contributed by atoms with E-state index in [1.165, 1.54) is 0 Å². The average molecular weight is 292 g/mol. The summed E-state index contributed by atoms with van der Waals surface area (Å²) in [7, 11) is 0. The second-order valence-corrected chi connectivity index (χ2v) is 0. The fourth-order valence-corrected chi connectivity index (χ4v) is 0. The van der Waals surface area contributed by atoms with E-state index in [9.17, 15) is 0 Å². The first-order chi connectivity index (χ1) is 0. The van der Waals surface area contributed by atoms with Crippen molar-refractivity contribution in [2.75, 3.05) is 0 Å². The standard InChI is InChI=1S/Al.5ClH.Sr/h;5*1H;/q+3;;;;;;+2/p-5. The van der Waals surface area contributed by atoms with Gasteiger partial charge in [-0.25, -0.2) is 0 Å². The molecule has 0 aliphatic rings. The third kappa shape index (κ3) is 43.9. The van der Waals surface area contributed by atoms with Crippen LogP contribution in [0.2, 0.25) is 0 Å². The van der Waals surface area contributed by atoms with Gasteiger partial charge in [-0.05, 0) is 0 Å². The number of halogens is 5. The summed E-state index contributed by atoms with van der Waals surface area (Å²) in [6.07, 6.45) is 0. The van der Waals surface area contributed by atoms with Gasteiger partial charge in [-0.3, -0.25) is 0 Å². The minimum Gasteiger partial charge on any atom is -1.00 e. The van der Waals surface area contributed by atoms with Gasteiger partial charge in [0, 0.05) is 0 Å². The average Bonchev–Trinajstić information content (AvgIpc) is 0. The molecule has 0 rings (SSSR count). The van der Waals surface area contributed by atoms with Gasteiger partial charge in [0.1, 0.15) is 0 Å². The molecular weight excluding hydrogens is 292 g/mol. The fraction of sp³-hybridized carbons (Fsp3) is 0. The predicted molar refractivity (Wildman–Crippen MR) is 11.5 cm³/mol. The molecule has 40 valence electrons. The summed E-state index contributed by atoms with van der Waals surface area (Å²) >= 11 is 0. The van der Waals surface area contributed by atoms with Gasteiger partial charge in [0.15, 0.2) is 0 Å². The maximum atomic E-state index is 0. The molecule has 0 saturated heterocycles. The normalized spacial score (nSPS) is 0. The Kier molecular flexibility index (Phi) is 631. The molecule has 0 heterocycles. The molecule has 0 amide bonds. The molecule has 0 spiro atoms. The van der Waals surface area contributed by atoms with Crippen LogP contribution in [0.3, 0.4) is 0 Å². The molecule has 0 bridgehead atoms. The molecule has 0 atom stereocenters. The van der Waals surface area contributed by atoms with E-state index >= 15 is 0 Å². The van der Waals surface area contributed by atoms with Crippen molar-refractivity contribution >= 4 is 62.8 Å². The molecular formula is AlCl5Sr. The zero-order valence-electron chi connectivity index (χ0n) is 3.17. The molecule has 0 aromatic carbocycles. The number of hydrogen-bond donors (Lipinski definition) is 0. The third-order valence-corrected chi connectivity index (χ3v) is 0. The van der Waals surface area contributed by atoms with Gasteiger partial charge in [-0.15, -0.1) is 0 Å². The second kappa shape index (κ2) is 56.5. The molecule has 0 nitrogen and oxygen atoms in total. The Morgan fingerprint density at radius 3 is 0.429 bits per heavy atom. The van der Waals surface area contributed by atoms with Crippen LogP contribution in [0, 0.1) is 0 Å². The van der Waals surface area contributed by atoms with Crippen LogP contribution in [0.4, 0.5) is 0 Å². The van der Waals surface area contributed by atoms with E-state index in [0.29, 0.717) is 0 Å². The Labute approximate surface area is 122 Å². The van der Waals surface area contributed by atoms with Crippen LogP contribution in [0.5, 0.6) is 0 Å². The first-order valence-electron chi connectivity index (χ1n) is 0. The van der Waals surface area contributed by atoms with Crippen molar-refractivity contribution in [3.8, 4) is 0 Å². The Hall–Kier alpha value is 3.46. The van der Waals surface area contributed by atoms with Crippen molar-refractivity contribution in [3.63, 3.8) is 0 Å². The van der Waals surface area contributed by atoms with E-state index in [4.69, 9.17) is 0 Å². The smallest absolute Gasteiger partial charge is 1.00 e. The summed E-state index contributed by atoms with van der Waals surface area (Å²) in [6.45, 7) is 0. The van der Waals surface area contributed by atoms with E-state index in [-0.39, 0.29) is 125 Å². The molecule has 0 aromatic heterocycles. The van der Waals surface area contributed by atoms with E-state index in [0.717, 1.165) is 0 Å². The molecule has 0 radical (unpaired) electrons. The Balaban J connectivity index is 0. The number of rotatable bonds is 0. The Morgan fingerprint density at radius 1 is 0.429 bits per heavy atom. The van der Waals surface area contributed by atoms with Gasteiger partial charge in [0.2, 0.25) is 0 Å². The summed E-state index contributed by atoms with van der Waals surface area (Å²) in [5.74, 6) is 0. The van der Waals surface area contributed by atoms with E-state index in [1.54, 1.807) is 0 Å². The summed E-state index contributed by atoms with van der Waals surface area (Å²) in [5.41, 5.74) is 0. The van der Waals surface area contributed by atoms with Crippen LogP contribution >= 0.6 is 0 Å². The van der Waals surface area contributed by atoms with Gasteiger partial charge in [0.05, 0.1) is 0 Å². The van der Waals surface area contributed by atoms with Gasteiger partial charge in [-0.1, -0.05) is 0 Å². The zero-order valence-corrected chi connectivity index (χ0v) is 11.6. The number of hydrogen-bond acceptors (Lipinski definition) is 0. The van der Waals surface area contributed by atoms with Crippen molar-refractivity contribution in [3.05, 3.63) is 0 Å². The topological polar surface area (TPSA) is 0 Å². The monoisotopic (exact) mass is 290 g/mol. The summed E-state index contributed by atoms with van der Waals surface area (Å²) in [6, 6.07) is 0. The van der Waals surface area contributed by atoms with E-state index < -0.39 is 0 Å². The van der Waals surface area contributed by atoms with Crippen molar-refractivity contribution in [2.45, 2.75) is 0 Å². The largest absolute Gasteiger partial charge is 3.00 e. The summed E-state index contributed by atoms with van der Waals surface area (Å²) in [5, 5.41) is 0. The zero-order chi connectivity index (χ0) is 0. The van der Waals surface area contributed by atoms with Gasteiger partial charge < -0.3 is 62.0 Å². The molecule has 7 heavy (non-hydrogen) atoms.